The summed E-state index contributed by atoms with van der Waals surface area (Å²) in [4.78, 5) is 11.6. The van der Waals surface area contributed by atoms with Crippen LogP contribution in [0.1, 0.15) is 16.1 Å². The third kappa shape index (κ3) is 3.11. The molecule has 0 aliphatic heterocycles. The number of hydrogen-bond donors (Lipinski definition) is 2. The Kier molecular flexibility index (Phi) is 3.71. The molecule has 20 heavy (non-hydrogen) atoms. The van der Waals surface area contributed by atoms with E-state index in [2.05, 4.69) is 0 Å². The highest BCUT2D eigenvalue weighted by Gasteiger charge is 2.38. The molecule has 0 fully saturated rings. The number of benzene rings is 1. The van der Waals surface area contributed by atoms with Crippen LogP contribution < -0.4 is 5.32 Å². The van der Waals surface area contributed by atoms with Crippen molar-refractivity contribution in [1.29, 1.82) is 0 Å². The minimum atomic E-state index is -4.77. The first-order valence-electron chi connectivity index (χ1n) is 5.80. The Bertz CT molecular complexity index is 633. The molecule has 1 atom stereocenters. The number of furan rings is 1. The zero-order valence-electron chi connectivity index (χ0n) is 10.5. The molecule has 1 unspecified atom stereocenters. The minimum Gasteiger partial charge on any atom is -0.451 e. The highest BCUT2D eigenvalue weighted by molar-refractivity contribution is 5.96. The smallest absolute Gasteiger partial charge is 0.416 e. The Morgan fingerprint density at radius 3 is 2.75 bits per heavy atom. The number of aryl methyl sites for hydroxylation is 1. The fraction of sp³-hybridized carbons (Fsp3) is 0.308. The van der Waals surface area contributed by atoms with Crippen LogP contribution in [-0.2, 0) is 0 Å². The summed E-state index contributed by atoms with van der Waals surface area (Å²) in [6.45, 7) is 0.949. The van der Waals surface area contributed by atoms with Gasteiger partial charge in [0.1, 0.15) is 5.58 Å². The lowest BCUT2D eigenvalue weighted by atomic mass is 10.2. The summed E-state index contributed by atoms with van der Waals surface area (Å²) >= 11 is 0. The van der Waals surface area contributed by atoms with Gasteiger partial charge in [-0.05, 0) is 25.1 Å². The summed E-state index contributed by atoms with van der Waals surface area (Å²) < 4.78 is 41.5. The van der Waals surface area contributed by atoms with E-state index in [0.29, 0.717) is 11.0 Å². The van der Waals surface area contributed by atoms with Crippen molar-refractivity contribution >= 4 is 16.9 Å². The predicted molar refractivity (Wildman–Crippen MR) is 65.3 cm³/mol. The van der Waals surface area contributed by atoms with Crippen LogP contribution in [0.2, 0.25) is 0 Å². The molecule has 2 aromatic rings. The van der Waals surface area contributed by atoms with Gasteiger partial charge in [-0.2, -0.15) is 13.2 Å². The highest BCUT2D eigenvalue weighted by atomic mass is 19.4. The van der Waals surface area contributed by atoms with E-state index in [0.717, 1.165) is 5.56 Å². The summed E-state index contributed by atoms with van der Waals surface area (Å²) in [5.41, 5.74) is 1.44. The van der Waals surface area contributed by atoms with E-state index in [1.165, 1.54) is 6.07 Å². The van der Waals surface area contributed by atoms with Crippen LogP contribution in [0.3, 0.4) is 0 Å². The van der Waals surface area contributed by atoms with E-state index in [-0.39, 0.29) is 5.76 Å². The van der Waals surface area contributed by atoms with E-state index >= 15 is 0 Å². The predicted octanol–water partition coefficient (Wildman–Crippen LogP) is 2.39. The first kappa shape index (κ1) is 14.4. The number of nitrogens with one attached hydrogen (secondary N) is 1. The maximum Gasteiger partial charge on any atom is 0.416 e. The first-order chi connectivity index (χ1) is 9.27. The van der Waals surface area contributed by atoms with Gasteiger partial charge in [-0.3, -0.25) is 4.79 Å². The second kappa shape index (κ2) is 5.16. The Morgan fingerprint density at radius 2 is 2.10 bits per heavy atom. The Morgan fingerprint density at radius 1 is 1.40 bits per heavy atom. The number of alkyl halides is 3. The van der Waals surface area contributed by atoms with Crippen LogP contribution >= 0.6 is 0 Å². The molecule has 0 spiro atoms. The lowest BCUT2D eigenvalue weighted by Crippen LogP contribution is -2.40. The molecule has 1 aromatic heterocycles. The van der Waals surface area contributed by atoms with Gasteiger partial charge in [0.2, 0.25) is 0 Å². The number of rotatable bonds is 3. The third-order valence-electron chi connectivity index (χ3n) is 2.73. The molecule has 2 rings (SSSR count). The Labute approximate surface area is 112 Å². The number of halogens is 3. The van der Waals surface area contributed by atoms with Gasteiger partial charge in [0.25, 0.3) is 5.91 Å². The number of carbonyl (C=O) groups is 1. The van der Waals surface area contributed by atoms with Crippen molar-refractivity contribution in [3.8, 4) is 0 Å². The average Bonchev–Trinajstić information content (AvgIpc) is 2.77. The van der Waals surface area contributed by atoms with Crippen LogP contribution in [0.25, 0.3) is 11.0 Å². The Hall–Kier alpha value is -2.02. The molecule has 1 amide bonds. The molecule has 7 heteroatoms. The van der Waals surface area contributed by atoms with Crippen molar-refractivity contribution in [2.75, 3.05) is 6.54 Å². The van der Waals surface area contributed by atoms with Gasteiger partial charge < -0.3 is 14.8 Å². The zero-order valence-corrected chi connectivity index (χ0v) is 10.5. The van der Waals surface area contributed by atoms with E-state index in [9.17, 15) is 18.0 Å². The molecule has 0 aliphatic rings. The van der Waals surface area contributed by atoms with Gasteiger partial charge in [-0.15, -0.1) is 0 Å². The molecule has 0 bridgehead atoms. The second-order valence-corrected chi connectivity index (χ2v) is 4.42. The van der Waals surface area contributed by atoms with Gasteiger partial charge in [0, 0.05) is 5.39 Å². The molecule has 2 N–H and O–H groups in total. The topological polar surface area (TPSA) is 62.5 Å². The second-order valence-electron chi connectivity index (χ2n) is 4.42. The monoisotopic (exact) mass is 287 g/mol. The highest BCUT2D eigenvalue weighted by Crippen LogP contribution is 2.21. The number of hydrogen-bond acceptors (Lipinski definition) is 3. The summed E-state index contributed by atoms with van der Waals surface area (Å²) in [6.07, 6.45) is -7.36. The van der Waals surface area contributed by atoms with Crippen molar-refractivity contribution < 1.29 is 27.5 Å². The van der Waals surface area contributed by atoms with Crippen LogP contribution in [0.5, 0.6) is 0 Å². The van der Waals surface area contributed by atoms with Crippen LogP contribution in [0.15, 0.2) is 28.7 Å². The molecule has 0 saturated carbocycles. The first-order valence-corrected chi connectivity index (χ1v) is 5.80. The molecule has 0 aliphatic carbocycles. The summed E-state index contributed by atoms with van der Waals surface area (Å²) in [5, 5.41) is 11.5. The van der Waals surface area contributed by atoms with Crippen LogP contribution in [0, 0.1) is 6.92 Å². The quantitative estimate of drug-likeness (QED) is 0.911. The molecule has 0 radical (unpaired) electrons. The largest absolute Gasteiger partial charge is 0.451 e. The standard InChI is InChI=1S/C13H12F3NO3/c1-7-2-3-9-8(4-7)5-10(20-9)12(19)17-6-11(18)13(14,15)16/h2-5,11,18H,6H2,1H3,(H,17,19). The molecular formula is C13H12F3NO3. The van der Waals surface area contributed by atoms with E-state index < -0.39 is 24.7 Å². The van der Waals surface area contributed by atoms with Gasteiger partial charge in [0.15, 0.2) is 11.9 Å². The van der Waals surface area contributed by atoms with Crippen LogP contribution in [0.4, 0.5) is 13.2 Å². The van der Waals surface area contributed by atoms with Crippen LogP contribution in [-0.4, -0.2) is 29.8 Å². The molecule has 0 saturated heterocycles. The fourth-order valence-corrected chi connectivity index (χ4v) is 1.67. The van der Waals surface area contributed by atoms with E-state index in [1.807, 2.05) is 12.2 Å². The number of aliphatic hydroxyl groups is 1. The molecule has 108 valence electrons. The SMILES string of the molecule is Cc1ccc2oc(C(=O)NCC(O)C(F)(F)F)cc2c1. The van der Waals surface area contributed by atoms with E-state index in [4.69, 9.17) is 9.52 Å². The van der Waals surface area contributed by atoms with Crippen molar-refractivity contribution in [3.05, 3.63) is 35.6 Å². The molecule has 1 heterocycles. The Balaban J connectivity index is 2.08. The van der Waals surface area contributed by atoms with Gasteiger partial charge >= 0.3 is 6.18 Å². The van der Waals surface area contributed by atoms with Gasteiger partial charge in [-0.25, -0.2) is 0 Å². The fourth-order valence-electron chi connectivity index (χ4n) is 1.67. The molecule has 4 nitrogen and oxygen atoms in total. The minimum absolute atomic E-state index is 0.0972. The third-order valence-corrected chi connectivity index (χ3v) is 2.73. The van der Waals surface area contributed by atoms with Crippen molar-refractivity contribution in [1.82, 2.24) is 5.32 Å². The van der Waals surface area contributed by atoms with Crippen molar-refractivity contribution in [3.63, 3.8) is 0 Å². The maximum absolute atomic E-state index is 12.1. The number of amides is 1. The lowest BCUT2D eigenvalue weighted by molar-refractivity contribution is -0.201. The normalized spacial score (nSPS) is 13.4. The lowest BCUT2D eigenvalue weighted by Gasteiger charge is -2.14. The summed E-state index contributed by atoms with van der Waals surface area (Å²) in [6, 6.07) is 6.70. The zero-order chi connectivity index (χ0) is 14.9. The molecular weight excluding hydrogens is 275 g/mol. The van der Waals surface area contributed by atoms with E-state index in [1.54, 1.807) is 18.2 Å². The van der Waals surface area contributed by atoms with Crippen molar-refractivity contribution in [2.24, 2.45) is 0 Å². The van der Waals surface area contributed by atoms with Crippen molar-refractivity contribution in [2.45, 2.75) is 19.2 Å². The molecule has 1 aromatic carbocycles. The van der Waals surface area contributed by atoms with Gasteiger partial charge in [-0.1, -0.05) is 11.6 Å². The summed E-state index contributed by atoms with van der Waals surface area (Å²) in [5.74, 6) is -0.901. The number of carbonyl (C=O) groups excluding carboxylic acids is 1. The summed E-state index contributed by atoms with van der Waals surface area (Å²) in [7, 11) is 0. The van der Waals surface area contributed by atoms with Gasteiger partial charge in [0.05, 0.1) is 6.54 Å². The number of fused-ring (bicyclic) bond motifs is 1. The number of aliphatic hydroxyl groups excluding tert-OH is 1. The average molecular weight is 287 g/mol. The maximum atomic E-state index is 12.1.